The van der Waals surface area contributed by atoms with Gasteiger partial charge in [0.05, 0.1) is 0 Å². The zero-order valence-corrected chi connectivity index (χ0v) is 10.1. The van der Waals surface area contributed by atoms with Crippen LogP contribution in [0.1, 0.15) is 26.3 Å². The van der Waals surface area contributed by atoms with Gasteiger partial charge in [-0.15, -0.1) is 0 Å². The highest BCUT2D eigenvalue weighted by molar-refractivity contribution is 5.72. The van der Waals surface area contributed by atoms with Crippen LogP contribution in [0.3, 0.4) is 0 Å². The molecule has 1 aromatic carbocycles. The van der Waals surface area contributed by atoms with Gasteiger partial charge in [0, 0.05) is 5.54 Å². The number of nitrogens with one attached hydrogen (secondary N) is 1. The fraction of sp³-hybridized carbons (Fsp3) is 0.462. The number of aromatic nitrogens is 1. The van der Waals surface area contributed by atoms with E-state index in [1.165, 1.54) is 12.0 Å². The molecule has 0 aliphatic heterocycles. The van der Waals surface area contributed by atoms with E-state index in [0.717, 1.165) is 24.1 Å². The first-order chi connectivity index (χ1) is 7.54. The lowest BCUT2D eigenvalue weighted by molar-refractivity contribution is 0.429. The lowest BCUT2D eigenvalue weighted by Crippen LogP contribution is -2.37. The monoisotopic (exact) mass is 218 g/mol. The molecular weight excluding hydrogens is 200 g/mol. The van der Waals surface area contributed by atoms with E-state index in [-0.39, 0.29) is 5.54 Å². The number of nitrogens with zero attached hydrogens (tertiary/aromatic N) is 1. The summed E-state index contributed by atoms with van der Waals surface area (Å²) in [5.74, 6) is 0. The molecule has 3 heteroatoms. The highest BCUT2D eigenvalue weighted by atomic mass is 16.3. The number of hydrogen-bond acceptors (Lipinski definition) is 3. The highest BCUT2D eigenvalue weighted by Crippen LogP contribution is 2.14. The molecule has 0 aliphatic rings. The van der Waals surface area contributed by atoms with Gasteiger partial charge in [0.15, 0.2) is 12.0 Å². The molecule has 0 fully saturated rings. The molecule has 0 spiro atoms. The molecule has 86 valence electrons. The maximum atomic E-state index is 5.27. The first-order valence-electron chi connectivity index (χ1n) is 5.62. The lowest BCUT2D eigenvalue weighted by atomic mass is 10.1. The minimum Gasteiger partial charge on any atom is -0.443 e. The average molecular weight is 218 g/mol. The van der Waals surface area contributed by atoms with Crippen LogP contribution in [0.5, 0.6) is 0 Å². The molecule has 1 aromatic heterocycles. The average Bonchev–Trinajstić information content (AvgIpc) is 2.62. The molecule has 0 bridgehead atoms. The Morgan fingerprint density at radius 3 is 2.88 bits per heavy atom. The molecule has 1 N–H and O–H groups in total. The van der Waals surface area contributed by atoms with Gasteiger partial charge in [-0.3, -0.25) is 0 Å². The summed E-state index contributed by atoms with van der Waals surface area (Å²) >= 11 is 0. The zero-order valence-electron chi connectivity index (χ0n) is 10.1. The first-order valence-corrected chi connectivity index (χ1v) is 5.62. The maximum absolute atomic E-state index is 5.27. The molecule has 2 aromatic rings. The van der Waals surface area contributed by atoms with E-state index >= 15 is 0 Å². The molecule has 0 saturated heterocycles. The Kier molecular flexibility index (Phi) is 2.97. The van der Waals surface area contributed by atoms with Crippen molar-refractivity contribution < 1.29 is 4.42 Å². The van der Waals surface area contributed by atoms with Gasteiger partial charge in [-0.05, 0) is 51.4 Å². The summed E-state index contributed by atoms with van der Waals surface area (Å²) in [6.45, 7) is 7.50. The fourth-order valence-corrected chi connectivity index (χ4v) is 1.64. The third kappa shape index (κ3) is 2.83. The molecule has 0 atom stereocenters. The normalized spacial score (nSPS) is 12.2. The largest absolute Gasteiger partial charge is 0.443 e. The second-order valence-electron chi connectivity index (χ2n) is 5.08. The molecule has 1 heterocycles. The number of oxazole rings is 1. The topological polar surface area (TPSA) is 38.1 Å². The molecule has 2 rings (SSSR count). The van der Waals surface area contributed by atoms with Crippen molar-refractivity contribution in [2.45, 2.75) is 32.7 Å². The Balaban J connectivity index is 1.99. The van der Waals surface area contributed by atoms with Gasteiger partial charge < -0.3 is 9.73 Å². The van der Waals surface area contributed by atoms with Gasteiger partial charge in [0.1, 0.15) is 5.52 Å². The number of rotatable bonds is 3. The first kappa shape index (κ1) is 11.1. The SMILES string of the molecule is CC(C)(C)NCCc1ccc2ncoc2c1. The van der Waals surface area contributed by atoms with Gasteiger partial charge in [-0.2, -0.15) is 0 Å². The second-order valence-corrected chi connectivity index (χ2v) is 5.08. The predicted octanol–water partition coefficient (Wildman–Crippen LogP) is 2.76. The van der Waals surface area contributed by atoms with Gasteiger partial charge in [0.2, 0.25) is 0 Å². The Hall–Kier alpha value is -1.35. The summed E-state index contributed by atoms with van der Waals surface area (Å²) < 4.78 is 5.27. The molecule has 0 unspecified atom stereocenters. The number of benzene rings is 1. The van der Waals surface area contributed by atoms with Gasteiger partial charge in [-0.1, -0.05) is 6.07 Å². The second kappa shape index (κ2) is 4.26. The van der Waals surface area contributed by atoms with Crippen LogP contribution in [-0.2, 0) is 6.42 Å². The van der Waals surface area contributed by atoms with E-state index < -0.39 is 0 Å². The predicted molar refractivity (Wildman–Crippen MR) is 65.5 cm³/mol. The van der Waals surface area contributed by atoms with E-state index in [2.05, 4.69) is 43.2 Å². The number of hydrogen-bond donors (Lipinski definition) is 1. The van der Waals surface area contributed by atoms with Gasteiger partial charge in [0.25, 0.3) is 0 Å². The minimum atomic E-state index is 0.177. The van der Waals surface area contributed by atoms with Crippen LogP contribution in [0.2, 0.25) is 0 Å². The van der Waals surface area contributed by atoms with Crippen molar-refractivity contribution in [3.63, 3.8) is 0 Å². The van der Waals surface area contributed by atoms with Crippen LogP contribution >= 0.6 is 0 Å². The summed E-state index contributed by atoms with van der Waals surface area (Å²) in [6, 6.07) is 6.17. The van der Waals surface area contributed by atoms with Crippen LogP contribution in [0.4, 0.5) is 0 Å². The Morgan fingerprint density at radius 1 is 1.31 bits per heavy atom. The van der Waals surface area contributed by atoms with Crippen molar-refractivity contribution in [1.82, 2.24) is 10.3 Å². The van der Waals surface area contributed by atoms with Gasteiger partial charge in [-0.25, -0.2) is 4.98 Å². The van der Waals surface area contributed by atoms with Crippen molar-refractivity contribution >= 4 is 11.1 Å². The Morgan fingerprint density at radius 2 is 2.12 bits per heavy atom. The molecule has 0 saturated carbocycles. The summed E-state index contributed by atoms with van der Waals surface area (Å²) in [6.07, 6.45) is 2.50. The maximum Gasteiger partial charge on any atom is 0.181 e. The minimum absolute atomic E-state index is 0.177. The summed E-state index contributed by atoms with van der Waals surface area (Å²) in [7, 11) is 0. The number of fused-ring (bicyclic) bond motifs is 1. The van der Waals surface area contributed by atoms with Crippen molar-refractivity contribution in [2.75, 3.05) is 6.54 Å². The molecule has 0 radical (unpaired) electrons. The van der Waals surface area contributed by atoms with Crippen LogP contribution in [0, 0.1) is 0 Å². The van der Waals surface area contributed by atoms with Crippen LogP contribution in [0.25, 0.3) is 11.1 Å². The smallest absolute Gasteiger partial charge is 0.181 e. The van der Waals surface area contributed by atoms with Crippen LogP contribution < -0.4 is 5.32 Å². The molecular formula is C13H18N2O. The van der Waals surface area contributed by atoms with E-state index in [0.29, 0.717) is 0 Å². The lowest BCUT2D eigenvalue weighted by Gasteiger charge is -2.20. The summed E-state index contributed by atoms with van der Waals surface area (Å²) in [5.41, 5.74) is 3.25. The zero-order chi connectivity index (χ0) is 11.6. The standard InChI is InChI=1S/C13H18N2O/c1-13(2,3)15-7-6-10-4-5-11-12(8-10)16-9-14-11/h4-5,8-9,15H,6-7H2,1-3H3. The molecule has 16 heavy (non-hydrogen) atoms. The molecule has 3 nitrogen and oxygen atoms in total. The van der Waals surface area contributed by atoms with Crippen LogP contribution in [-0.4, -0.2) is 17.1 Å². The van der Waals surface area contributed by atoms with E-state index in [1.54, 1.807) is 0 Å². The summed E-state index contributed by atoms with van der Waals surface area (Å²) in [4.78, 5) is 4.10. The van der Waals surface area contributed by atoms with Crippen molar-refractivity contribution in [1.29, 1.82) is 0 Å². The molecule has 0 amide bonds. The highest BCUT2D eigenvalue weighted by Gasteiger charge is 2.08. The van der Waals surface area contributed by atoms with E-state index in [1.807, 2.05) is 6.07 Å². The Bertz CT molecular complexity index is 468. The van der Waals surface area contributed by atoms with Crippen LogP contribution in [0.15, 0.2) is 29.0 Å². The van der Waals surface area contributed by atoms with Crippen molar-refractivity contribution in [3.05, 3.63) is 30.2 Å². The Labute approximate surface area is 95.9 Å². The third-order valence-corrected chi connectivity index (χ3v) is 2.46. The summed E-state index contributed by atoms with van der Waals surface area (Å²) in [5, 5.41) is 3.47. The van der Waals surface area contributed by atoms with Crippen molar-refractivity contribution in [3.8, 4) is 0 Å². The van der Waals surface area contributed by atoms with Crippen molar-refractivity contribution in [2.24, 2.45) is 0 Å². The van der Waals surface area contributed by atoms with E-state index in [4.69, 9.17) is 4.42 Å². The van der Waals surface area contributed by atoms with E-state index in [9.17, 15) is 0 Å². The third-order valence-electron chi connectivity index (χ3n) is 2.46. The quantitative estimate of drug-likeness (QED) is 0.860. The van der Waals surface area contributed by atoms with Gasteiger partial charge >= 0.3 is 0 Å². The molecule has 0 aliphatic carbocycles. The fourth-order valence-electron chi connectivity index (χ4n) is 1.64.